The van der Waals surface area contributed by atoms with Gasteiger partial charge >= 0.3 is 5.97 Å². The van der Waals surface area contributed by atoms with Crippen molar-refractivity contribution in [1.29, 1.82) is 0 Å². The molecule has 0 amide bonds. The van der Waals surface area contributed by atoms with Gasteiger partial charge < -0.3 is 9.16 Å². The average molecular weight is 570 g/mol. The fourth-order valence-corrected chi connectivity index (χ4v) is 5.14. The standard InChI is InChI=1S/C24H27BrCl2N2O3Si/c1-24(2,3)33(5,6)32-17-10-7-15(8-11-17)22-18(14-25)21(23(30)31-4)28-29(22)20-12-9-16(26)13-19(20)27/h7-13H,14H2,1-6H3. The summed E-state index contributed by atoms with van der Waals surface area (Å²) in [6.07, 6.45) is 0. The van der Waals surface area contributed by atoms with Crippen LogP contribution in [0.1, 0.15) is 36.8 Å². The molecule has 5 nitrogen and oxygen atoms in total. The number of nitrogens with zero attached hydrogens (tertiary/aromatic N) is 2. The molecule has 9 heteroatoms. The normalized spacial score (nSPS) is 12.0. The maximum atomic E-state index is 12.5. The number of aromatic nitrogens is 2. The van der Waals surface area contributed by atoms with Crippen LogP contribution in [-0.4, -0.2) is 31.2 Å². The molecule has 3 aromatic rings. The van der Waals surface area contributed by atoms with Gasteiger partial charge in [0, 0.05) is 21.5 Å². The predicted octanol–water partition coefficient (Wildman–Crippen LogP) is 7.91. The molecule has 0 radical (unpaired) electrons. The minimum Gasteiger partial charge on any atom is -0.544 e. The predicted molar refractivity (Wildman–Crippen MR) is 141 cm³/mol. The van der Waals surface area contributed by atoms with Gasteiger partial charge in [-0.3, -0.25) is 0 Å². The number of rotatable bonds is 6. The SMILES string of the molecule is COC(=O)c1nn(-c2ccc(Cl)cc2Cl)c(-c2ccc(O[Si](C)(C)C(C)(C)C)cc2)c1CBr. The van der Waals surface area contributed by atoms with Crippen molar-refractivity contribution in [2.45, 2.75) is 44.2 Å². The molecule has 0 fully saturated rings. The van der Waals surface area contributed by atoms with Crippen LogP contribution in [-0.2, 0) is 10.1 Å². The van der Waals surface area contributed by atoms with Crippen LogP contribution in [0.15, 0.2) is 42.5 Å². The third kappa shape index (κ3) is 5.32. The Hall–Kier alpha value is -1.80. The number of esters is 1. The molecule has 0 saturated heterocycles. The molecule has 0 spiro atoms. The molecule has 2 aromatic carbocycles. The number of alkyl halides is 1. The fraction of sp³-hybridized carbons (Fsp3) is 0.333. The maximum Gasteiger partial charge on any atom is 0.358 e. The van der Waals surface area contributed by atoms with Gasteiger partial charge in [0.15, 0.2) is 5.69 Å². The first-order chi connectivity index (χ1) is 15.4. The summed E-state index contributed by atoms with van der Waals surface area (Å²) in [5.41, 5.74) is 3.12. The summed E-state index contributed by atoms with van der Waals surface area (Å²) in [5.74, 6) is 0.293. The first kappa shape index (κ1) is 25.8. The highest BCUT2D eigenvalue weighted by Crippen LogP contribution is 2.39. The Kier molecular flexibility index (Phi) is 7.68. The topological polar surface area (TPSA) is 53.3 Å². The Morgan fingerprint density at radius 2 is 1.76 bits per heavy atom. The molecule has 0 aliphatic carbocycles. The largest absolute Gasteiger partial charge is 0.544 e. The summed E-state index contributed by atoms with van der Waals surface area (Å²) < 4.78 is 13.0. The number of carbonyl (C=O) groups excluding carboxylic acids is 1. The molecule has 0 aliphatic rings. The number of benzene rings is 2. The molecule has 0 atom stereocenters. The molecule has 0 N–H and O–H groups in total. The van der Waals surface area contributed by atoms with Crippen molar-refractivity contribution in [1.82, 2.24) is 9.78 Å². The zero-order chi connectivity index (χ0) is 24.6. The highest BCUT2D eigenvalue weighted by Gasteiger charge is 2.39. The minimum atomic E-state index is -1.97. The van der Waals surface area contributed by atoms with E-state index in [2.05, 4.69) is 54.9 Å². The summed E-state index contributed by atoms with van der Waals surface area (Å²) in [6, 6.07) is 13.0. The summed E-state index contributed by atoms with van der Waals surface area (Å²) in [5, 5.41) is 5.99. The monoisotopic (exact) mass is 568 g/mol. The molecule has 1 aromatic heterocycles. The van der Waals surface area contributed by atoms with Gasteiger partial charge in [0.1, 0.15) is 5.75 Å². The molecular formula is C24H27BrCl2N2O3Si. The van der Waals surface area contributed by atoms with Crippen molar-refractivity contribution in [3.05, 3.63) is 63.8 Å². The Bertz CT molecular complexity index is 1170. The molecule has 0 unspecified atom stereocenters. The number of ether oxygens (including phenoxy) is 1. The molecule has 0 bridgehead atoms. The van der Waals surface area contributed by atoms with Gasteiger partial charge in [-0.15, -0.1) is 0 Å². The van der Waals surface area contributed by atoms with Crippen molar-refractivity contribution in [3.8, 4) is 22.7 Å². The molecule has 0 saturated carbocycles. The second-order valence-corrected chi connectivity index (χ2v) is 15.3. The van der Waals surface area contributed by atoms with E-state index in [0.717, 1.165) is 17.0 Å². The van der Waals surface area contributed by atoms with Crippen LogP contribution in [0.3, 0.4) is 0 Å². The lowest BCUT2D eigenvalue weighted by Crippen LogP contribution is -2.43. The highest BCUT2D eigenvalue weighted by molar-refractivity contribution is 9.08. The number of hydrogen-bond donors (Lipinski definition) is 0. The smallest absolute Gasteiger partial charge is 0.358 e. The second kappa shape index (κ2) is 9.82. The molecule has 0 aliphatic heterocycles. The summed E-state index contributed by atoms with van der Waals surface area (Å²) >= 11 is 16.1. The van der Waals surface area contributed by atoms with Gasteiger partial charge in [-0.2, -0.15) is 5.10 Å². The van der Waals surface area contributed by atoms with Crippen molar-refractivity contribution in [2.75, 3.05) is 7.11 Å². The fourth-order valence-electron chi connectivity index (χ4n) is 3.09. The Balaban J connectivity index is 2.15. The highest BCUT2D eigenvalue weighted by atomic mass is 79.9. The summed E-state index contributed by atoms with van der Waals surface area (Å²) in [4.78, 5) is 12.5. The third-order valence-electron chi connectivity index (χ3n) is 5.94. The quantitative estimate of drug-likeness (QED) is 0.172. The van der Waals surface area contributed by atoms with E-state index < -0.39 is 14.3 Å². The minimum absolute atomic E-state index is 0.0914. The van der Waals surface area contributed by atoms with Crippen LogP contribution in [0, 0.1) is 0 Å². The van der Waals surface area contributed by atoms with Gasteiger partial charge in [-0.25, -0.2) is 9.48 Å². The molecule has 176 valence electrons. The van der Waals surface area contributed by atoms with E-state index >= 15 is 0 Å². The molecule has 33 heavy (non-hydrogen) atoms. The van der Waals surface area contributed by atoms with E-state index in [4.69, 9.17) is 32.4 Å². The lowest BCUT2D eigenvalue weighted by Gasteiger charge is -2.36. The van der Waals surface area contributed by atoms with Gasteiger partial charge in [0.25, 0.3) is 0 Å². The van der Waals surface area contributed by atoms with Crippen molar-refractivity contribution < 1.29 is 14.0 Å². The van der Waals surface area contributed by atoms with E-state index in [9.17, 15) is 4.79 Å². The van der Waals surface area contributed by atoms with E-state index in [1.54, 1.807) is 22.9 Å². The Labute approximate surface area is 214 Å². The van der Waals surface area contributed by atoms with Crippen LogP contribution in [0.2, 0.25) is 28.2 Å². The number of halogens is 3. The molecule has 3 rings (SSSR count). The van der Waals surface area contributed by atoms with E-state index in [1.165, 1.54) is 7.11 Å². The van der Waals surface area contributed by atoms with Crippen LogP contribution in [0.25, 0.3) is 16.9 Å². The lowest BCUT2D eigenvalue weighted by atomic mass is 10.1. The zero-order valence-corrected chi connectivity index (χ0v) is 23.6. The van der Waals surface area contributed by atoms with Crippen LogP contribution < -0.4 is 4.43 Å². The van der Waals surface area contributed by atoms with Crippen LogP contribution in [0.4, 0.5) is 0 Å². The van der Waals surface area contributed by atoms with Crippen molar-refractivity contribution in [3.63, 3.8) is 0 Å². The first-order valence-corrected chi connectivity index (χ1v) is 15.2. The van der Waals surface area contributed by atoms with Crippen LogP contribution in [0.5, 0.6) is 5.75 Å². The lowest BCUT2D eigenvalue weighted by molar-refractivity contribution is 0.0592. The van der Waals surface area contributed by atoms with Crippen LogP contribution >= 0.6 is 39.1 Å². The second-order valence-electron chi connectivity index (χ2n) is 9.20. The van der Waals surface area contributed by atoms with E-state index in [0.29, 0.717) is 26.6 Å². The third-order valence-corrected chi connectivity index (χ3v) is 11.4. The van der Waals surface area contributed by atoms with E-state index in [1.807, 2.05) is 24.3 Å². The maximum absolute atomic E-state index is 12.5. The van der Waals surface area contributed by atoms with Crippen molar-refractivity contribution >= 4 is 53.4 Å². The van der Waals surface area contributed by atoms with Gasteiger partial charge in [-0.1, -0.05) is 59.9 Å². The van der Waals surface area contributed by atoms with Crippen molar-refractivity contribution in [2.24, 2.45) is 0 Å². The Morgan fingerprint density at radius 1 is 1.12 bits per heavy atom. The van der Waals surface area contributed by atoms with Gasteiger partial charge in [0.05, 0.1) is 23.5 Å². The first-order valence-electron chi connectivity index (χ1n) is 10.4. The number of carbonyl (C=O) groups is 1. The van der Waals surface area contributed by atoms with Gasteiger partial charge in [-0.05, 0) is 60.6 Å². The average Bonchev–Trinajstić information content (AvgIpc) is 3.12. The van der Waals surface area contributed by atoms with E-state index in [-0.39, 0.29) is 10.7 Å². The van der Waals surface area contributed by atoms with Gasteiger partial charge in [0.2, 0.25) is 8.32 Å². The summed E-state index contributed by atoms with van der Waals surface area (Å²) in [7, 11) is -0.634. The number of methoxy groups -OCH3 is 1. The zero-order valence-electron chi connectivity index (χ0n) is 19.5. The Morgan fingerprint density at radius 3 is 2.27 bits per heavy atom. The number of hydrogen-bond acceptors (Lipinski definition) is 4. The molecule has 1 heterocycles. The summed E-state index contributed by atoms with van der Waals surface area (Å²) in [6.45, 7) is 11.0. The molecular weight excluding hydrogens is 543 g/mol.